The summed E-state index contributed by atoms with van der Waals surface area (Å²) in [5, 5.41) is 0.322. The number of nitrogens with one attached hydrogen (secondary N) is 1. The number of rotatable bonds is 4. The molecule has 0 aliphatic carbocycles. The van der Waals surface area contributed by atoms with Gasteiger partial charge < -0.3 is 14.5 Å². The highest BCUT2D eigenvalue weighted by atomic mass is 32.2. The number of amides is 2. The summed E-state index contributed by atoms with van der Waals surface area (Å²) in [4.78, 5) is 32.7. The number of aromatic nitrogens is 1. The Hall–Kier alpha value is -2.62. The second-order valence-electron chi connectivity index (χ2n) is 7.71. The Balaban J connectivity index is 1.65. The zero-order valence-electron chi connectivity index (χ0n) is 17.6. The number of imide groups is 1. The number of thiazole rings is 1. The fourth-order valence-electron chi connectivity index (χ4n) is 4.37. The molecule has 3 aromatic rings. The number of benzene rings is 2. The van der Waals surface area contributed by atoms with Gasteiger partial charge in [0.15, 0.2) is 15.5 Å². The van der Waals surface area contributed by atoms with Crippen LogP contribution in [0.2, 0.25) is 0 Å². The molecule has 1 saturated heterocycles. The maximum atomic E-state index is 13.7. The second kappa shape index (κ2) is 8.06. The third kappa shape index (κ3) is 3.27. The molecule has 3 heterocycles. The van der Waals surface area contributed by atoms with E-state index < -0.39 is 11.2 Å². The molecular weight excluding hydrogens is 464 g/mol. The highest BCUT2D eigenvalue weighted by molar-refractivity contribution is 8.01. The van der Waals surface area contributed by atoms with Gasteiger partial charge in [0, 0.05) is 10.8 Å². The first kappa shape index (κ1) is 21.2. The Morgan fingerprint density at radius 3 is 2.41 bits per heavy atom. The summed E-state index contributed by atoms with van der Waals surface area (Å²) in [7, 11) is 3.16. The van der Waals surface area contributed by atoms with Gasteiger partial charge in [-0.05, 0) is 49.0 Å². The van der Waals surface area contributed by atoms with Gasteiger partial charge in [0.2, 0.25) is 11.8 Å². The topological polar surface area (TPSA) is 71.6 Å². The van der Waals surface area contributed by atoms with Crippen molar-refractivity contribution in [3.63, 3.8) is 0 Å². The molecule has 9 heteroatoms. The van der Waals surface area contributed by atoms with Gasteiger partial charge >= 0.3 is 0 Å². The molecule has 1 fully saturated rings. The summed E-state index contributed by atoms with van der Waals surface area (Å²) in [5.74, 6) is -0.0685. The lowest BCUT2D eigenvalue weighted by molar-refractivity contribution is -0.122. The van der Waals surface area contributed by atoms with Crippen LogP contribution in [0.5, 0.6) is 11.5 Å². The smallest absolute Gasteiger partial charge is 0.248 e. The normalized spacial score (nSPS) is 22.0. The van der Waals surface area contributed by atoms with Crippen molar-refractivity contribution >= 4 is 52.8 Å². The summed E-state index contributed by atoms with van der Waals surface area (Å²) in [6.07, 6.45) is 0. The number of hydrogen-bond acceptors (Lipinski definition) is 7. The van der Waals surface area contributed by atoms with E-state index in [2.05, 4.69) is 4.98 Å². The monoisotopic (exact) mass is 484 g/mol. The van der Waals surface area contributed by atoms with Crippen molar-refractivity contribution in [1.29, 1.82) is 0 Å². The van der Waals surface area contributed by atoms with Crippen LogP contribution >= 0.6 is 35.3 Å². The molecule has 32 heavy (non-hydrogen) atoms. The van der Waals surface area contributed by atoms with Crippen LogP contribution in [-0.4, -0.2) is 36.3 Å². The second-order valence-corrected chi connectivity index (χ2v) is 10.6. The van der Waals surface area contributed by atoms with Gasteiger partial charge in [0.1, 0.15) is 5.25 Å². The van der Waals surface area contributed by atoms with Gasteiger partial charge in [-0.25, -0.2) is 4.90 Å². The predicted molar refractivity (Wildman–Crippen MR) is 128 cm³/mol. The molecule has 2 aromatic carbocycles. The molecule has 164 valence electrons. The largest absolute Gasteiger partial charge is 0.493 e. The molecule has 1 N–H and O–H groups in total. The van der Waals surface area contributed by atoms with E-state index in [1.54, 1.807) is 14.2 Å². The van der Waals surface area contributed by atoms with Crippen molar-refractivity contribution in [2.75, 3.05) is 19.1 Å². The van der Waals surface area contributed by atoms with Crippen molar-refractivity contribution < 1.29 is 19.1 Å². The quantitative estimate of drug-likeness (QED) is 0.418. The number of H-pyrrole nitrogens is 1. The van der Waals surface area contributed by atoms with Gasteiger partial charge in [-0.3, -0.25) is 9.59 Å². The Kier molecular flexibility index (Phi) is 5.35. The molecule has 6 nitrogen and oxygen atoms in total. The number of fused-ring (bicyclic) bond motifs is 2. The number of hydrogen-bond donors (Lipinski definition) is 1. The van der Waals surface area contributed by atoms with E-state index in [0.717, 1.165) is 21.0 Å². The molecule has 0 bridgehead atoms. The number of thioether (sulfide) groups is 1. The van der Waals surface area contributed by atoms with Crippen molar-refractivity contribution in [3.05, 3.63) is 62.4 Å². The Bertz CT molecular complexity index is 1280. The maximum absolute atomic E-state index is 13.7. The first-order chi connectivity index (χ1) is 15.4. The lowest BCUT2D eigenvalue weighted by Gasteiger charge is -2.30. The van der Waals surface area contributed by atoms with Crippen molar-refractivity contribution in [2.24, 2.45) is 5.92 Å². The minimum absolute atomic E-state index is 0.193. The molecule has 0 saturated carbocycles. The number of aryl methyl sites for hydroxylation is 1. The lowest BCUT2D eigenvalue weighted by Crippen LogP contribution is -2.32. The number of methoxy groups -OCH3 is 2. The molecule has 0 unspecified atom stereocenters. The minimum atomic E-state index is -0.541. The first-order valence-electron chi connectivity index (χ1n) is 9.99. The molecule has 0 radical (unpaired) electrons. The first-order valence-corrected chi connectivity index (χ1v) is 12.1. The summed E-state index contributed by atoms with van der Waals surface area (Å²) in [5.41, 5.74) is 2.55. The average molecular weight is 485 g/mol. The third-order valence-corrected chi connectivity index (χ3v) is 8.64. The van der Waals surface area contributed by atoms with E-state index in [-0.39, 0.29) is 17.7 Å². The van der Waals surface area contributed by atoms with E-state index in [1.165, 1.54) is 28.0 Å². The zero-order valence-corrected chi connectivity index (χ0v) is 20.0. The number of ether oxygens (including phenoxy) is 2. The van der Waals surface area contributed by atoms with Crippen molar-refractivity contribution in [3.8, 4) is 11.5 Å². The number of carbonyl (C=O) groups excluding carboxylic acids is 2. The molecule has 2 aliphatic heterocycles. The zero-order chi connectivity index (χ0) is 22.6. The standard InChI is InChI=1S/C23H20N2O4S3/c1-11-4-7-13(8-5-11)25-21(26)17-16(12-6-9-14(28-2)15(10-12)29-3)18-20(24-23(30)32-18)31-19(17)22(25)27/h4-10,16-17,19H,1-3H3,(H,24,30)/t16-,17-,19+/m1/s1. The summed E-state index contributed by atoms with van der Waals surface area (Å²) in [6.45, 7) is 1.97. The molecular formula is C23H20N2O4S3. The van der Waals surface area contributed by atoms with E-state index in [4.69, 9.17) is 21.7 Å². The number of nitrogens with zero attached hydrogens (tertiary/aromatic N) is 1. The third-order valence-electron chi connectivity index (χ3n) is 5.88. The SMILES string of the molecule is COc1ccc([C@H]2c3sc(=S)[nH]c3S[C@@H]3C(=O)N(c4ccc(C)cc4)C(=O)[C@H]23)cc1OC. The molecule has 5 rings (SSSR count). The van der Waals surface area contributed by atoms with Gasteiger partial charge in [0.05, 0.1) is 30.9 Å². The van der Waals surface area contributed by atoms with Crippen LogP contribution < -0.4 is 14.4 Å². The van der Waals surface area contributed by atoms with Crippen LogP contribution in [0.1, 0.15) is 21.9 Å². The maximum Gasteiger partial charge on any atom is 0.248 e. The van der Waals surface area contributed by atoms with E-state index in [1.807, 2.05) is 49.4 Å². The minimum Gasteiger partial charge on any atom is -0.493 e. The van der Waals surface area contributed by atoms with E-state index >= 15 is 0 Å². The fraction of sp³-hybridized carbons (Fsp3) is 0.261. The van der Waals surface area contributed by atoms with Crippen LogP contribution in [0, 0.1) is 16.8 Å². The Morgan fingerprint density at radius 1 is 1.00 bits per heavy atom. The van der Waals surface area contributed by atoms with Crippen LogP contribution in [-0.2, 0) is 9.59 Å². The Morgan fingerprint density at radius 2 is 1.72 bits per heavy atom. The Labute approximate surface area is 198 Å². The molecule has 3 atom stereocenters. The number of aromatic amines is 1. The molecule has 2 aliphatic rings. The highest BCUT2D eigenvalue weighted by Crippen LogP contribution is 2.54. The summed E-state index contributed by atoms with van der Waals surface area (Å²) >= 11 is 8.25. The van der Waals surface area contributed by atoms with Gasteiger partial charge in [-0.2, -0.15) is 0 Å². The molecule has 2 amide bonds. The van der Waals surface area contributed by atoms with Crippen molar-refractivity contribution in [2.45, 2.75) is 23.1 Å². The molecule has 1 aromatic heterocycles. The van der Waals surface area contributed by atoms with Gasteiger partial charge in [-0.15, -0.1) is 11.3 Å². The fourth-order valence-corrected chi connectivity index (χ4v) is 7.33. The number of carbonyl (C=O) groups is 2. The average Bonchev–Trinajstić information content (AvgIpc) is 3.28. The van der Waals surface area contributed by atoms with Crippen LogP contribution in [0.15, 0.2) is 47.5 Å². The highest BCUT2D eigenvalue weighted by Gasteiger charge is 2.56. The molecule has 0 spiro atoms. The predicted octanol–water partition coefficient (Wildman–Crippen LogP) is 4.93. The van der Waals surface area contributed by atoms with Gasteiger partial charge in [0.25, 0.3) is 0 Å². The van der Waals surface area contributed by atoms with Crippen LogP contribution in [0.25, 0.3) is 0 Å². The van der Waals surface area contributed by atoms with Gasteiger partial charge in [-0.1, -0.05) is 35.5 Å². The van der Waals surface area contributed by atoms with Crippen LogP contribution in [0.4, 0.5) is 5.69 Å². The summed E-state index contributed by atoms with van der Waals surface area (Å²) in [6, 6.07) is 13.1. The van der Waals surface area contributed by atoms with Crippen molar-refractivity contribution in [1.82, 2.24) is 4.98 Å². The van der Waals surface area contributed by atoms with E-state index in [0.29, 0.717) is 21.1 Å². The lowest BCUT2D eigenvalue weighted by atomic mass is 9.83. The number of anilines is 1. The van der Waals surface area contributed by atoms with Crippen LogP contribution in [0.3, 0.4) is 0 Å². The summed E-state index contributed by atoms with van der Waals surface area (Å²) < 4.78 is 11.5. The van der Waals surface area contributed by atoms with E-state index in [9.17, 15) is 9.59 Å².